The second kappa shape index (κ2) is 5.79. The van der Waals surface area contributed by atoms with E-state index < -0.39 is 0 Å². The van der Waals surface area contributed by atoms with Crippen LogP contribution in [-0.2, 0) is 13.5 Å². The Balaban J connectivity index is 2.06. The van der Waals surface area contributed by atoms with Crippen molar-refractivity contribution in [3.05, 3.63) is 18.2 Å². The van der Waals surface area contributed by atoms with E-state index in [0.717, 1.165) is 6.42 Å². The van der Waals surface area contributed by atoms with Gasteiger partial charge < -0.3 is 4.57 Å². The van der Waals surface area contributed by atoms with E-state index in [-0.39, 0.29) is 0 Å². The molecule has 2 heteroatoms. The maximum absolute atomic E-state index is 4.30. The molecule has 1 heterocycles. The molecule has 0 radical (unpaired) electrons. The molecule has 0 bridgehead atoms. The average Bonchev–Trinajstić information content (AvgIpc) is 2.51. The minimum absolute atomic E-state index is 1.14. The summed E-state index contributed by atoms with van der Waals surface area (Å²) in [4.78, 5) is 4.30. The third-order valence-corrected chi connectivity index (χ3v) is 2.29. The molecule has 1 rings (SSSR count). The van der Waals surface area contributed by atoms with Gasteiger partial charge in [-0.2, -0.15) is 0 Å². The Kier molecular flexibility index (Phi) is 4.58. The molecule has 0 aliphatic rings. The van der Waals surface area contributed by atoms with Crippen LogP contribution in [0.25, 0.3) is 0 Å². The highest BCUT2D eigenvalue weighted by Crippen LogP contribution is 2.06. The Morgan fingerprint density at radius 1 is 1.23 bits per heavy atom. The van der Waals surface area contributed by atoms with Gasteiger partial charge in [0, 0.05) is 13.2 Å². The van der Waals surface area contributed by atoms with Gasteiger partial charge in [-0.25, -0.2) is 4.98 Å². The van der Waals surface area contributed by atoms with Gasteiger partial charge in [0.05, 0.1) is 12.0 Å². The third-order valence-electron chi connectivity index (χ3n) is 2.29. The molecule has 0 amide bonds. The Hall–Kier alpha value is -0.790. The summed E-state index contributed by atoms with van der Waals surface area (Å²) in [6.45, 7) is 2.25. The fourth-order valence-corrected chi connectivity index (χ4v) is 1.51. The molecule has 0 aliphatic carbocycles. The number of nitrogens with zero attached hydrogens (tertiary/aromatic N) is 2. The van der Waals surface area contributed by atoms with E-state index in [0.29, 0.717) is 0 Å². The molecule has 0 N–H and O–H groups in total. The molecule has 0 aliphatic heterocycles. The predicted octanol–water partition coefficient (Wildman–Crippen LogP) is 2.93. The van der Waals surface area contributed by atoms with Crippen molar-refractivity contribution in [1.29, 1.82) is 0 Å². The minimum atomic E-state index is 1.14. The molecule has 0 unspecified atom stereocenters. The van der Waals surface area contributed by atoms with Crippen LogP contribution in [0.2, 0.25) is 0 Å². The van der Waals surface area contributed by atoms with Crippen molar-refractivity contribution >= 4 is 0 Å². The van der Waals surface area contributed by atoms with Crippen LogP contribution < -0.4 is 0 Å². The Morgan fingerprint density at radius 3 is 2.62 bits per heavy atom. The number of unbranched alkanes of at least 4 members (excludes halogenated alkanes) is 4. The Labute approximate surface area is 81.0 Å². The van der Waals surface area contributed by atoms with Gasteiger partial charge in [0.25, 0.3) is 0 Å². The smallest absolute Gasteiger partial charge is 0.0946 e. The molecule has 0 saturated carbocycles. The van der Waals surface area contributed by atoms with E-state index in [1.807, 2.05) is 17.9 Å². The van der Waals surface area contributed by atoms with E-state index >= 15 is 0 Å². The highest BCUT2D eigenvalue weighted by atomic mass is 15.0. The van der Waals surface area contributed by atoms with Crippen molar-refractivity contribution in [2.75, 3.05) is 0 Å². The van der Waals surface area contributed by atoms with Gasteiger partial charge in [0.2, 0.25) is 0 Å². The fraction of sp³-hybridized carbons (Fsp3) is 0.727. The molecule has 0 aromatic carbocycles. The van der Waals surface area contributed by atoms with Gasteiger partial charge in [-0.15, -0.1) is 0 Å². The quantitative estimate of drug-likeness (QED) is 0.615. The molecular formula is C11H20N2. The Bertz CT molecular complexity index is 228. The summed E-state index contributed by atoms with van der Waals surface area (Å²) < 4.78 is 2.02. The summed E-state index contributed by atoms with van der Waals surface area (Å²) in [5.41, 5.74) is 1.24. The third kappa shape index (κ3) is 4.11. The summed E-state index contributed by atoms with van der Waals surface area (Å²) in [7, 11) is 2.02. The van der Waals surface area contributed by atoms with E-state index in [1.54, 1.807) is 0 Å². The first-order valence-corrected chi connectivity index (χ1v) is 5.29. The van der Waals surface area contributed by atoms with Gasteiger partial charge in [-0.1, -0.05) is 32.6 Å². The topological polar surface area (TPSA) is 17.8 Å². The molecular weight excluding hydrogens is 160 g/mol. The number of imidazole rings is 1. The average molecular weight is 180 g/mol. The van der Waals surface area contributed by atoms with Crippen LogP contribution in [0.5, 0.6) is 0 Å². The lowest BCUT2D eigenvalue weighted by molar-refractivity contribution is 0.629. The maximum Gasteiger partial charge on any atom is 0.0946 e. The first kappa shape index (κ1) is 10.3. The van der Waals surface area contributed by atoms with Crippen molar-refractivity contribution in [2.24, 2.45) is 7.05 Å². The van der Waals surface area contributed by atoms with E-state index in [2.05, 4.69) is 18.1 Å². The maximum atomic E-state index is 4.30. The first-order chi connectivity index (χ1) is 6.33. The second-order valence-corrected chi connectivity index (χ2v) is 3.69. The zero-order valence-electron chi connectivity index (χ0n) is 8.79. The van der Waals surface area contributed by atoms with Gasteiger partial charge >= 0.3 is 0 Å². The van der Waals surface area contributed by atoms with Gasteiger partial charge in [-0.3, -0.25) is 0 Å². The molecule has 1 aromatic heterocycles. The van der Waals surface area contributed by atoms with Gasteiger partial charge in [-0.05, 0) is 12.8 Å². The molecule has 13 heavy (non-hydrogen) atoms. The molecule has 2 nitrogen and oxygen atoms in total. The summed E-state index contributed by atoms with van der Waals surface area (Å²) in [5, 5.41) is 0. The molecule has 0 fully saturated rings. The lowest BCUT2D eigenvalue weighted by Gasteiger charge is -1.97. The molecule has 0 atom stereocenters. The fourth-order valence-electron chi connectivity index (χ4n) is 1.51. The highest BCUT2D eigenvalue weighted by molar-refractivity contribution is 4.95. The summed E-state index contributed by atoms with van der Waals surface area (Å²) in [5.74, 6) is 0. The number of hydrogen-bond acceptors (Lipinski definition) is 1. The van der Waals surface area contributed by atoms with Crippen LogP contribution in [0.15, 0.2) is 12.5 Å². The SMILES string of the molecule is CCCCCCCc1cn(C)cn1. The van der Waals surface area contributed by atoms with Gasteiger partial charge in [0.15, 0.2) is 0 Å². The lowest BCUT2D eigenvalue weighted by atomic mass is 10.1. The number of hydrogen-bond donors (Lipinski definition) is 0. The van der Waals surface area contributed by atoms with Crippen LogP contribution in [-0.4, -0.2) is 9.55 Å². The zero-order chi connectivity index (χ0) is 9.52. The van der Waals surface area contributed by atoms with E-state index in [9.17, 15) is 0 Å². The van der Waals surface area contributed by atoms with Crippen LogP contribution in [0.3, 0.4) is 0 Å². The molecule has 1 aromatic rings. The van der Waals surface area contributed by atoms with Crippen molar-refractivity contribution in [3.8, 4) is 0 Å². The Morgan fingerprint density at radius 2 is 2.00 bits per heavy atom. The van der Waals surface area contributed by atoms with Crippen molar-refractivity contribution in [3.63, 3.8) is 0 Å². The number of aromatic nitrogens is 2. The summed E-state index contributed by atoms with van der Waals surface area (Å²) in [6, 6.07) is 0. The molecule has 0 saturated heterocycles. The van der Waals surface area contributed by atoms with Crippen molar-refractivity contribution in [2.45, 2.75) is 45.4 Å². The second-order valence-electron chi connectivity index (χ2n) is 3.69. The van der Waals surface area contributed by atoms with E-state index in [1.165, 1.54) is 37.8 Å². The lowest BCUT2D eigenvalue weighted by Crippen LogP contribution is -1.86. The zero-order valence-corrected chi connectivity index (χ0v) is 8.79. The summed E-state index contributed by atoms with van der Waals surface area (Å²) in [6.07, 6.45) is 11.8. The van der Waals surface area contributed by atoms with E-state index in [4.69, 9.17) is 0 Å². The number of aryl methyl sites for hydroxylation is 2. The first-order valence-electron chi connectivity index (χ1n) is 5.29. The largest absolute Gasteiger partial charge is 0.340 e. The summed E-state index contributed by atoms with van der Waals surface area (Å²) >= 11 is 0. The van der Waals surface area contributed by atoms with Crippen LogP contribution in [0, 0.1) is 0 Å². The van der Waals surface area contributed by atoms with Crippen molar-refractivity contribution in [1.82, 2.24) is 9.55 Å². The predicted molar refractivity (Wildman–Crippen MR) is 55.7 cm³/mol. The van der Waals surface area contributed by atoms with Crippen molar-refractivity contribution < 1.29 is 0 Å². The molecule has 74 valence electrons. The standard InChI is InChI=1S/C11H20N2/c1-3-4-5-6-7-8-11-9-13(2)10-12-11/h9-10H,3-8H2,1-2H3. The van der Waals surface area contributed by atoms with Crippen LogP contribution in [0.1, 0.15) is 44.7 Å². The normalized spacial score (nSPS) is 10.6. The molecule has 0 spiro atoms. The van der Waals surface area contributed by atoms with Gasteiger partial charge in [0.1, 0.15) is 0 Å². The highest BCUT2D eigenvalue weighted by Gasteiger charge is 1.95. The monoisotopic (exact) mass is 180 g/mol. The van der Waals surface area contributed by atoms with Crippen LogP contribution >= 0.6 is 0 Å². The van der Waals surface area contributed by atoms with Crippen LogP contribution in [0.4, 0.5) is 0 Å². The number of rotatable bonds is 6. The minimum Gasteiger partial charge on any atom is -0.340 e.